The van der Waals surface area contributed by atoms with E-state index in [9.17, 15) is 33.9 Å². The minimum atomic E-state index is -1.46. The zero-order valence-corrected chi connectivity index (χ0v) is 18.8. The van der Waals surface area contributed by atoms with Gasteiger partial charge < -0.3 is 42.2 Å². The maximum Gasteiger partial charge on any atom is 0.326 e. The van der Waals surface area contributed by atoms with E-state index < -0.39 is 66.2 Å². The summed E-state index contributed by atoms with van der Waals surface area (Å²) in [6.45, 7) is 0.191. The molecule has 15 nitrogen and oxygen atoms in total. The third-order valence-electron chi connectivity index (χ3n) is 5.46. The number of amides is 4. The quantitative estimate of drug-likeness (QED) is 0.147. The Kier molecular flexibility index (Phi) is 9.69. The molecule has 0 bridgehead atoms. The third-order valence-corrected chi connectivity index (χ3v) is 5.46. The van der Waals surface area contributed by atoms with E-state index in [-0.39, 0.29) is 32.2 Å². The summed E-state index contributed by atoms with van der Waals surface area (Å²) < 4.78 is 0. The van der Waals surface area contributed by atoms with E-state index in [4.69, 9.17) is 16.6 Å². The molecule has 0 spiro atoms. The number of nitrogens with one attached hydrogen (secondary N) is 3. The van der Waals surface area contributed by atoms with E-state index in [1.165, 1.54) is 17.4 Å². The molecule has 2 rings (SSSR count). The van der Waals surface area contributed by atoms with Gasteiger partial charge in [-0.3, -0.25) is 24.0 Å². The molecule has 4 atom stereocenters. The van der Waals surface area contributed by atoms with Gasteiger partial charge in [0.05, 0.1) is 18.8 Å². The summed E-state index contributed by atoms with van der Waals surface area (Å²) in [6, 6.07) is -5.08. The van der Waals surface area contributed by atoms with Crippen molar-refractivity contribution >= 4 is 35.6 Å². The average Bonchev–Trinajstić information content (AvgIpc) is 3.46. The van der Waals surface area contributed by atoms with Crippen LogP contribution in [-0.4, -0.2) is 91.4 Å². The third kappa shape index (κ3) is 8.06. The molecule has 4 unspecified atom stereocenters. The van der Waals surface area contributed by atoms with Gasteiger partial charge in [-0.25, -0.2) is 9.78 Å². The highest BCUT2D eigenvalue weighted by molar-refractivity contribution is 5.95. The number of rotatable bonds is 13. The molecule has 35 heavy (non-hydrogen) atoms. The lowest BCUT2D eigenvalue weighted by atomic mass is 10.1. The number of H-pyrrole nitrogens is 1. The van der Waals surface area contributed by atoms with Crippen molar-refractivity contribution in [2.75, 3.05) is 6.54 Å². The zero-order chi connectivity index (χ0) is 26.1. The van der Waals surface area contributed by atoms with E-state index in [0.717, 1.165) is 0 Å². The highest BCUT2D eigenvalue weighted by Crippen LogP contribution is 2.19. The second kappa shape index (κ2) is 12.5. The minimum absolute atomic E-state index is 0.0531. The largest absolute Gasteiger partial charge is 0.481 e. The molecule has 1 aromatic heterocycles. The number of carbonyl (C=O) groups excluding carboxylic acids is 4. The summed E-state index contributed by atoms with van der Waals surface area (Å²) in [4.78, 5) is 80.1. The molecule has 0 radical (unpaired) electrons. The number of aliphatic carboxylic acids is 2. The Morgan fingerprint density at radius 2 is 1.83 bits per heavy atom. The van der Waals surface area contributed by atoms with Crippen molar-refractivity contribution in [1.82, 2.24) is 25.5 Å². The predicted octanol–water partition coefficient (Wildman–Crippen LogP) is -2.94. The van der Waals surface area contributed by atoms with Crippen LogP contribution < -0.4 is 22.1 Å². The fraction of sp³-hybridized carbons (Fsp3) is 0.550. The number of carbonyl (C=O) groups is 6. The molecular weight excluding hydrogens is 466 g/mol. The van der Waals surface area contributed by atoms with Crippen LogP contribution in [0.3, 0.4) is 0 Å². The first kappa shape index (κ1) is 27.2. The summed E-state index contributed by atoms with van der Waals surface area (Å²) in [5, 5.41) is 23.1. The number of aromatic amines is 1. The number of carboxylic acid groups (broad SMARTS) is 2. The van der Waals surface area contributed by atoms with Crippen LogP contribution in [0.1, 0.15) is 37.8 Å². The number of likely N-dealkylation sites (tertiary alicyclic amines) is 1. The Hall–Kier alpha value is -4.01. The van der Waals surface area contributed by atoms with Gasteiger partial charge in [0.1, 0.15) is 18.1 Å². The van der Waals surface area contributed by atoms with Gasteiger partial charge in [0.2, 0.25) is 23.6 Å². The standard InChI is InChI=1S/C20H29N7O8/c21-11(7-16(29)30)17(31)25-12(3-4-15(22)28)18(32)26-13(6-10-8-23-9-24-10)19(33)27-5-1-2-14(27)20(34)35/h8-9,11-14H,1-7,21H2,(H2,22,28)(H,23,24)(H,25,31)(H,26,32)(H,29,30)(H,34,35). The molecule has 1 aliphatic heterocycles. The molecule has 1 aromatic rings. The average molecular weight is 495 g/mol. The second-order valence-corrected chi connectivity index (χ2v) is 8.14. The number of aromatic nitrogens is 2. The second-order valence-electron chi connectivity index (χ2n) is 8.14. The van der Waals surface area contributed by atoms with Gasteiger partial charge in [-0.05, 0) is 19.3 Å². The maximum absolute atomic E-state index is 13.2. The van der Waals surface area contributed by atoms with Gasteiger partial charge in [-0.15, -0.1) is 0 Å². The number of nitrogens with zero attached hydrogens (tertiary/aromatic N) is 2. The van der Waals surface area contributed by atoms with Gasteiger partial charge in [0, 0.05) is 31.3 Å². The molecule has 0 aliphatic carbocycles. The van der Waals surface area contributed by atoms with Crippen molar-refractivity contribution < 1.29 is 39.0 Å². The maximum atomic E-state index is 13.2. The lowest BCUT2D eigenvalue weighted by molar-refractivity contribution is -0.149. The molecular formula is C20H29N7O8. The first-order valence-corrected chi connectivity index (χ1v) is 10.9. The minimum Gasteiger partial charge on any atom is -0.481 e. The van der Waals surface area contributed by atoms with Crippen molar-refractivity contribution in [3.63, 3.8) is 0 Å². The van der Waals surface area contributed by atoms with Crippen molar-refractivity contribution in [3.8, 4) is 0 Å². The van der Waals surface area contributed by atoms with E-state index in [1.807, 2.05) is 0 Å². The van der Waals surface area contributed by atoms with Crippen molar-refractivity contribution in [3.05, 3.63) is 18.2 Å². The Morgan fingerprint density at radius 1 is 1.14 bits per heavy atom. The highest BCUT2D eigenvalue weighted by atomic mass is 16.4. The van der Waals surface area contributed by atoms with Gasteiger partial charge in [-0.1, -0.05) is 0 Å². The Bertz CT molecular complexity index is 951. The lowest BCUT2D eigenvalue weighted by Gasteiger charge is -2.28. The first-order valence-electron chi connectivity index (χ1n) is 10.9. The smallest absolute Gasteiger partial charge is 0.326 e. The Labute approximate surface area is 199 Å². The topological polar surface area (TPSA) is 251 Å². The van der Waals surface area contributed by atoms with E-state index in [1.54, 1.807) is 0 Å². The number of primary amides is 1. The summed E-state index contributed by atoms with van der Waals surface area (Å²) in [5.74, 6) is -5.68. The molecule has 0 saturated carbocycles. The SMILES string of the molecule is NC(=O)CCC(NC(=O)C(N)CC(=O)O)C(=O)NC(Cc1cnc[nH]1)C(=O)N1CCCC1C(=O)O. The Morgan fingerprint density at radius 3 is 2.40 bits per heavy atom. The molecule has 1 saturated heterocycles. The molecule has 0 aromatic carbocycles. The van der Waals surface area contributed by atoms with Crippen molar-refractivity contribution in [2.24, 2.45) is 11.5 Å². The normalized spacial score (nSPS) is 17.7. The fourth-order valence-electron chi connectivity index (χ4n) is 3.69. The van der Waals surface area contributed by atoms with Gasteiger partial charge >= 0.3 is 11.9 Å². The van der Waals surface area contributed by atoms with E-state index in [0.29, 0.717) is 12.1 Å². The van der Waals surface area contributed by atoms with E-state index in [2.05, 4.69) is 20.6 Å². The van der Waals surface area contributed by atoms with Crippen LogP contribution in [-0.2, 0) is 35.2 Å². The monoisotopic (exact) mass is 495 g/mol. The van der Waals surface area contributed by atoms with Gasteiger partial charge in [0.15, 0.2) is 0 Å². The molecule has 4 amide bonds. The van der Waals surface area contributed by atoms with E-state index >= 15 is 0 Å². The van der Waals surface area contributed by atoms with Crippen LogP contribution in [0.4, 0.5) is 0 Å². The molecule has 1 aliphatic rings. The van der Waals surface area contributed by atoms with Crippen LogP contribution in [0.5, 0.6) is 0 Å². The number of hydrogen-bond donors (Lipinski definition) is 7. The fourth-order valence-corrected chi connectivity index (χ4v) is 3.69. The summed E-state index contributed by atoms with van der Waals surface area (Å²) in [5.41, 5.74) is 11.2. The van der Waals surface area contributed by atoms with Gasteiger partial charge in [0.25, 0.3) is 0 Å². The zero-order valence-electron chi connectivity index (χ0n) is 18.8. The van der Waals surface area contributed by atoms with Crippen LogP contribution in [0.25, 0.3) is 0 Å². The number of hydrogen-bond acceptors (Lipinski definition) is 8. The lowest BCUT2D eigenvalue weighted by Crippen LogP contribution is -2.58. The number of imidazole rings is 1. The number of nitrogens with two attached hydrogens (primary N) is 2. The van der Waals surface area contributed by atoms with Crippen LogP contribution in [0.2, 0.25) is 0 Å². The van der Waals surface area contributed by atoms with Gasteiger partial charge in [-0.2, -0.15) is 0 Å². The van der Waals surface area contributed by atoms with Crippen LogP contribution in [0.15, 0.2) is 12.5 Å². The summed E-state index contributed by atoms with van der Waals surface area (Å²) in [6.07, 6.45) is 2.27. The van der Waals surface area contributed by atoms with Crippen molar-refractivity contribution in [2.45, 2.75) is 62.7 Å². The van der Waals surface area contributed by atoms with Crippen LogP contribution in [0, 0.1) is 0 Å². The molecule has 1 fully saturated rings. The highest BCUT2D eigenvalue weighted by Gasteiger charge is 2.38. The first-order chi connectivity index (χ1) is 16.5. The number of carboxylic acids is 2. The molecule has 15 heteroatoms. The molecule has 192 valence electrons. The predicted molar refractivity (Wildman–Crippen MR) is 117 cm³/mol. The summed E-state index contributed by atoms with van der Waals surface area (Å²) >= 11 is 0. The molecule has 9 N–H and O–H groups in total. The van der Waals surface area contributed by atoms with Crippen LogP contribution >= 0.6 is 0 Å². The molecule has 2 heterocycles. The van der Waals surface area contributed by atoms with Crippen molar-refractivity contribution in [1.29, 1.82) is 0 Å². The summed E-state index contributed by atoms with van der Waals surface area (Å²) in [7, 11) is 0. The Balaban J connectivity index is 2.22.